The molecule has 0 spiro atoms. The van der Waals surface area contributed by atoms with Crippen molar-refractivity contribution in [3.8, 4) is 0 Å². The van der Waals surface area contributed by atoms with Gasteiger partial charge in [-0.3, -0.25) is 0 Å². The first kappa shape index (κ1) is 11.9. The van der Waals surface area contributed by atoms with E-state index < -0.39 is 0 Å². The summed E-state index contributed by atoms with van der Waals surface area (Å²) in [5.74, 6) is 0.821. The van der Waals surface area contributed by atoms with Crippen LogP contribution in [0.4, 0.5) is 5.82 Å². The van der Waals surface area contributed by atoms with Crippen LogP contribution in [-0.2, 0) is 9.47 Å². The summed E-state index contributed by atoms with van der Waals surface area (Å²) in [5.41, 5.74) is 2.02. The van der Waals surface area contributed by atoms with E-state index in [0.717, 1.165) is 17.1 Å². The van der Waals surface area contributed by atoms with Crippen molar-refractivity contribution in [1.82, 2.24) is 9.97 Å². The second-order valence-electron chi connectivity index (χ2n) is 3.21. The molecule has 0 unspecified atom stereocenters. The molecular weight excluding hydrogens is 194 g/mol. The van der Waals surface area contributed by atoms with E-state index in [4.69, 9.17) is 9.47 Å². The standard InChI is InChI=1S/C10H17N3O2/c1-7-8(2)12-6-13-10(7)11-5-9(14-3)15-4/h6,9H,5H2,1-4H3,(H,11,12,13). The number of hydrogen-bond donors (Lipinski definition) is 1. The van der Waals surface area contributed by atoms with E-state index in [-0.39, 0.29) is 6.29 Å². The minimum absolute atomic E-state index is 0.264. The predicted molar refractivity (Wildman–Crippen MR) is 57.8 cm³/mol. The molecule has 0 amide bonds. The van der Waals surface area contributed by atoms with Crippen molar-refractivity contribution in [3.05, 3.63) is 17.6 Å². The Morgan fingerprint density at radius 1 is 1.27 bits per heavy atom. The number of nitrogens with zero attached hydrogens (tertiary/aromatic N) is 2. The Labute approximate surface area is 89.8 Å². The van der Waals surface area contributed by atoms with Crippen LogP contribution in [0.2, 0.25) is 0 Å². The topological polar surface area (TPSA) is 56.3 Å². The smallest absolute Gasteiger partial charge is 0.173 e. The van der Waals surface area contributed by atoms with Crippen LogP contribution in [0.1, 0.15) is 11.3 Å². The zero-order valence-corrected chi connectivity index (χ0v) is 9.57. The van der Waals surface area contributed by atoms with Gasteiger partial charge in [0.15, 0.2) is 6.29 Å². The highest BCUT2D eigenvalue weighted by atomic mass is 16.7. The molecule has 1 heterocycles. The third kappa shape index (κ3) is 3.14. The van der Waals surface area contributed by atoms with Gasteiger partial charge in [0, 0.05) is 25.5 Å². The van der Waals surface area contributed by atoms with Gasteiger partial charge in [0.25, 0.3) is 0 Å². The van der Waals surface area contributed by atoms with Gasteiger partial charge in [-0.2, -0.15) is 0 Å². The van der Waals surface area contributed by atoms with E-state index in [1.807, 2.05) is 13.8 Å². The Bertz CT molecular complexity index is 314. The maximum absolute atomic E-state index is 5.06. The quantitative estimate of drug-likeness (QED) is 0.740. The van der Waals surface area contributed by atoms with E-state index in [2.05, 4.69) is 15.3 Å². The first-order chi connectivity index (χ1) is 7.19. The number of aryl methyl sites for hydroxylation is 1. The fourth-order valence-corrected chi connectivity index (χ4v) is 1.16. The van der Waals surface area contributed by atoms with E-state index in [9.17, 15) is 0 Å². The second-order valence-corrected chi connectivity index (χ2v) is 3.21. The highest BCUT2D eigenvalue weighted by molar-refractivity contribution is 5.44. The van der Waals surface area contributed by atoms with Crippen LogP contribution in [-0.4, -0.2) is 37.0 Å². The molecule has 0 fully saturated rings. The minimum Gasteiger partial charge on any atom is -0.365 e. The first-order valence-electron chi connectivity index (χ1n) is 4.76. The minimum atomic E-state index is -0.264. The summed E-state index contributed by atoms with van der Waals surface area (Å²) >= 11 is 0. The van der Waals surface area contributed by atoms with Crippen LogP contribution in [0.15, 0.2) is 6.33 Å². The van der Waals surface area contributed by atoms with E-state index in [1.165, 1.54) is 0 Å². The van der Waals surface area contributed by atoms with Crippen LogP contribution in [0, 0.1) is 13.8 Å². The average Bonchev–Trinajstić information content (AvgIpc) is 2.25. The molecule has 0 aliphatic carbocycles. The summed E-state index contributed by atoms with van der Waals surface area (Å²) in [6, 6.07) is 0. The SMILES string of the molecule is COC(CNc1ncnc(C)c1C)OC. The maximum Gasteiger partial charge on any atom is 0.173 e. The Morgan fingerprint density at radius 2 is 1.93 bits per heavy atom. The number of hydrogen-bond acceptors (Lipinski definition) is 5. The van der Waals surface area contributed by atoms with Gasteiger partial charge in [-0.25, -0.2) is 9.97 Å². The predicted octanol–water partition coefficient (Wildman–Crippen LogP) is 1.12. The van der Waals surface area contributed by atoms with E-state index in [1.54, 1.807) is 20.5 Å². The lowest BCUT2D eigenvalue weighted by Gasteiger charge is -2.15. The molecule has 5 nitrogen and oxygen atoms in total. The first-order valence-corrected chi connectivity index (χ1v) is 4.76. The van der Waals surface area contributed by atoms with Crippen LogP contribution in [0.25, 0.3) is 0 Å². The van der Waals surface area contributed by atoms with Crippen molar-refractivity contribution < 1.29 is 9.47 Å². The molecule has 1 aromatic rings. The fraction of sp³-hybridized carbons (Fsp3) is 0.600. The van der Waals surface area contributed by atoms with Crippen LogP contribution in [0.3, 0.4) is 0 Å². The normalized spacial score (nSPS) is 10.7. The van der Waals surface area contributed by atoms with Crippen molar-refractivity contribution in [2.45, 2.75) is 20.1 Å². The number of rotatable bonds is 5. The van der Waals surface area contributed by atoms with Gasteiger partial charge in [-0.05, 0) is 13.8 Å². The molecule has 0 aliphatic rings. The molecule has 1 rings (SSSR count). The molecule has 15 heavy (non-hydrogen) atoms. The fourth-order valence-electron chi connectivity index (χ4n) is 1.16. The molecule has 0 aromatic carbocycles. The molecule has 1 aromatic heterocycles. The number of anilines is 1. The van der Waals surface area contributed by atoms with Gasteiger partial charge in [0.1, 0.15) is 12.1 Å². The highest BCUT2D eigenvalue weighted by Gasteiger charge is 2.07. The van der Waals surface area contributed by atoms with Gasteiger partial charge in [0.05, 0.1) is 6.54 Å². The van der Waals surface area contributed by atoms with E-state index >= 15 is 0 Å². The lowest BCUT2D eigenvalue weighted by molar-refractivity contribution is -0.0914. The lowest BCUT2D eigenvalue weighted by atomic mass is 10.2. The van der Waals surface area contributed by atoms with Gasteiger partial charge in [0.2, 0.25) is 0 Å². The number of aromatic nitrogens is 2. The molecule has 84 valence electrons. The number of ether oxygens (including phenoxy) is 2. The number of methoxy groups -OCH3 is 2. The average molecular weight is 211 g/mol. The van der Waals surface area contributed by atoms with Gasteiger partial charge < -0.3 is 14.8 Å². The van der Waals surface area contributed by atoms with Crippen molar-refractivity contribution >= 4 is 5.82 Å². The van der Waals surface area contributed by atoms with Gasteiger partial charge >= 0.3 is 0 Å². The largest absolute Gasteiger partial charge is 0.365 e. The monoisotopic (exact) mass is 211 g/mol. The van der Waals surface area contributed by atoms with Crippen LogP contribution < -0.4 is 5.32 Å². The molecule has 0 saturated carbocycles. The van der Waals surface area contributed by atoms with Crippen molar-refractivity contribution in [1.29, 1.82) is 0 Å². The molecule has 0 saturated heterocycles. The van der Waals surface area contributed by atoms with Crippen molar-refractivity contribution in [3.63, 3.8) is 0 Å². The van der Waals surface area contributed by atoms with Crippen LogP contribution >= 0.6 is 0 Å². The Kier molecular flexibility index (Phi) is 4.45. The molecular formula is C10H17N3O2. The van der Waals surface area contributed by atoms with Crippen molar-refractivity contribution in [2.75, 3.05) is 26.1 Å². The molecule has 0 aliphatic heterocycles. The van der Waals surface area contributed by atoms with E-state index in [0.29, 0.717) is 6.54 Å². The highest BCUT2D eigenvalue weighted by Crippen LogP contribution is 2.12. The zero-order valence-electron chi connectivity index (χ0n) is 9.57. The third-order valence-corrected chi connectivity index (χ3v) is 2.30. The summed E-state index contributed by atoms with van der Waals surface area (Å²) in [7, 11) is 3.21. The summed E-state index contributed by atoms with van der Waals surface area (Å²) in [6.07, 6.45) is 1.28. The molecule has 5 heteroatoms. The zero-order chi connectivity index (χ0) is 11.3. The summed E-state index contributed by atoms with van der Waals surface area (Å²) < 4.78 is 10.1. The third-order valence-electron chi connectivity index (χ3n) is 2.30. The Morgan fingerprint density at radius 3 is 2.53 bits per heavy atom. The number of nitrogens with one attached hydrogen (secondary N) is 1. The molecule has 0 radical (unpaired) electrons. The maximum atomic E-state index is 5.06. The van der Waals surface area contributed by atoms with Crippen LogP contribution in [0.5, 0.6) is 0 Å². The summed E-state index contributed by atoms with van der Waals surface area (Å²) in [5, 5.41) is 3.15. The summed E-state index contributed by atoms with van der Waals surface area (Å²) in [6.45, 7) is 4.49. The molecule has 0 bridgehead atoms. The van der Waals surface area contributed by atoms with Crippen molar-refractivity contribution in [2.24, 2.45) is 0 Å². The van der Waals surface area contributed by atoms with Gasteiger partial charge in [-0.1, -0.05) is 0 Å². The lowest BCUT2D eigenvalue weighted by Crippen LogP contribution is -2.24. The van der Waals surface area contributed by atoms with Gasteiger partial charge in [-0.15, -0.1) is 0 Å². The second kappa shape index (κ2) is 5.63. The Hall–Kier alpha value is -1.20. The molecule has 1 N–H and O–H groups in total. The molecule has 0 atom stereocenters. The Balaban J connectivity index is 2.61. The summed E-state index contributed by atoms with van der Waals surface area (Å²) in [4.78, 5) is 8.24.